The van der Waals surface area contributed by atoms with Crippen molar-refractivity contribution in [2.75, 3.05) is 0 Å². The predicted octanol–water partition coefficient (Wildman–Crippen LogP) is 31.0. The Balaban J connectivity index is 0.000000136. The Kier molecular flexibility index (Phi) is 31.0. The highest BCUT2D eigenvalue weighted by molar-refractivity contribution is 6.01. The smallest absolute Gasteiger partial charge is 0.200 e. The zero-order valence-electron chi connectivity index (χ0n) is 86.7. The fourth-order valence-corrected chi connectivity index (χ4v) is 20.0. The summed E-state index contributed by atoms with van der Waals surface area (Å²) in [5.41, 5.74) is 43.1. The van der Waals surface area contributed by atoms with E-state index in [0.717, 1.165) is 0 Å². The standard InChI is InChI=1S/4C22H26N.2C20H22N/c1-14(2)18-7-8-20-19(13-18)9-10-23(6)22(20)21-12-15(3)11-16(4)17(21)5;1-14(2)19-8-7-18-9-10-23(6)22(21(18)13-19)20-12-15(3)11-16(4)17(20)5;1-14(2)18-8-7-9-20-19(18)10-11-23(6)22(20)21-13-15(3)12-16(4)17(21)5;1-14(2)21-13-23(6)22(19-10-8-7-9-18(19)21)20-12-15(3)11-16(4)17(20)5;1-14(2)19-13-21(4)20(16-10-6-5-9-15(16)3)18-12-8-7-11-17(18)19;1-14(2)16-10-7-11-19-18(16)12-13-21(4)20(19)17-9-6-5-8-15(17)3/h4*7-14H,1-6H3;2*5-14H,1-4H3/q6*+1. The summed E-state index contributed by atoms with van der Waals surface area (Å²) in [6.07, 6.45) is 13.3. The van der Waals surface area contributed by atoms with E-state index in [-0.39, 0.29) is 0 Å². The molecule has 0 aliphatic rings. The van der Waals surface area contributed by atoms with Gasteiger partial charge in [0.2, 0.25) is 34.2 Å². The van der Waals surface area contributed by atoms with Crippen LogP contribution in [0.4, 0.5) is 0 Å². The third-order valence-electron chi connectivity index (χ3n) is 28.0. The van der Waals surface area contributed by atoms with Crippen molar-refractivity contribution in [1.29, 1.82) is 0 Å². The fourth-order valence-electron chi connectivity index (χ4n) is 20.0. The predicted molar refractivity (Wildman–Crippen MR) is 574 cm³/mol. The zero-order valence-corrected chi connectivity index (χ0v) is 86.7. The number of aromatic nitrogens is 6. The van der Waals surface area contributed by atoms with E-state index in [4.69, 9.17) is 0 Å². The average molecular weight is 1770 g/mol. The van der Waals surface area contributed by atoms with Gasteiger partial charge in [0.15, 0.2) is 37.2 Å². The summed E-state index contributed by atoms with van der Waals surface area (Å²) in [4.78, 5) is 0. The highest BCUT2D eigenvalue weighted by Gasteiger charge is 2.28. The minimum atomic E-state index is 0.514. The van der Waals surface area contributed by atoms with Crippen molar-refractivity contribution in [2.45, 2.75) is 216 Å². The molecule has 134 heavy (non-hydrogen) atoms. The van der Waals surface area contributed by atoms with E-state index in [1.165, 1.54) is 243 Å². The Morgan fingerprint density at radius 1 is 0.179 bits per heavy atom. The molecule has 0 aliphatic carbocycles. The van der Waals surface area contributed by atoms with E-state index >= 15 is 0 Å². The monoisotopic (exact) mass is 1770 g/mol. The lowest BCUT2D eigenvalue weighted by Gasteiger charge is -2.14. The van der Waals surface area contributed by atoms with Crippen molar-refractivity contribution in [3.8, 4) is 67.5 Å². The van der Waals surface area contributed by atoms with Gasteiger partial charge in [-0.15, -0.1) is 0 Å². The molecule has 0 spiro atoms. The third kappa shape index (κ3) is 21.0. The Hall–Kier alpha value is -12.9. The first-order chi connectivity index (χ1) is 63.7. The lowest BCUT2D eigenvalue weighted by atomic mass is 9.91. The van der Waals surface area contributed by atoms with Crippen LogP contribution in [0.15, 0.2) is 280 Å². The van der Waals surface area contributed by atoms with Crippen LogP contribution in [0.2, 0.25) is 0 Å². The number of hydrogen-bond donors (Lipinski definition) is 0. The number of fused-ring (bicyclic) bond motifs is 6. The van der Waals surface area contributed by atoms with Gasteiger partial charge >= 0.3 is 0 Å². The maximum absolute atomic E-state index is 2.37. The van der Waals surface area contributed by atoms with E-state index in [1.54, 1.807) is 0 Å². The number of rotatable bonds is 12. The Bertz CT molecular complexity index is 7200. The van der Waals surface area contributed by atoms with Crippen molar-refractivity contribution in [2.24, 2.45) is 42.3 Å². The first kappa shape index (κ1) is 98.6. The van der Waals surface area contributed by atoms with Crippen molar-refractivity contribution in [3.05, 3.63) is 391 Å². The van der Waals surface area contributed by atoms with Gasteiger partial charge in [-0.05, 0) is 315 Å². The molecule has 0 unspecified atom stereocenters. The van der Waals surface area contributed by atoms with Crippen LogP contribution in [0.5, 0.6) is 0 Å². The molecule has 0 aliphatic heterocycles. The van der Waals surface area contributed by atoms with Crippen LogP contribution < -0.4 is 27.4 Å². The van der Waals surface area contributed by atoms with Gasteiger partial charge in [-0.2, -0.15) is 0 Å². The molecule has 6 aromatic heterocycles. The molecule has 684 valence electrons. The summed E-state index contributed by atoms with van der Waals surface area (Å²) in [5, 5.41) is 16.1. The van der Waals surface area contributed by atoms with Crippen LogP contribution in [0, 0.1) is 96.9 Å². The molecule has 0 N–H and O–H groups in total. The minimum absolute atomic E-state index is 0.514. The third-order valence-corrected chi connectivity index (χ3v) is 28.0. The molecule has 12 aromatic carbocycles. The second-order valence-corrected chi connectivity index (χ2v) is 40.2. The van der Waals surface area contributed by atoms with Gasteiger partial charge in [0, 0.05) is 46.5 Å². The molecule has 6 heterocycles. The van der Waals surface area contributed by atoms with Crippen molar-refractivity contribution in [1.82, 2.24) is 0 Å². The molecule has 0 radical (unpaired) electrons. The molecule has 0 bridgehead atoms. The molecule has 6 nitrogen and oxygen atoms in total. The molecular weight excluding hydrogens is 1620 g/mol. The van der Waals surface area contributed by atoms with Crippen LogP contribution in [0.25, 0.3) is 132 Å². The molecule has 0 saturated heterocycles. The van der Waals surface area contributed by atoms with E-state index in [1.807, 2.05) is 0 Å². The number of hydrogen-bond acceptors (Lipinski definition) is 0. The van der Waals surface area contributed by atoms with Gasteiger partial charge < -0.3 is 0 Å². The SMILES string of the molecule is Cc1cc(C)c(C)c(-c2c3cc(C(C)C)ccc3cc[n+]2C)c1.Cc1cc(C)c(C)c(-c2c3ccc(C(C)C)cc3cc[n+]2C)c1.Cc1cc(C)c(C)c(-c2c3cccc(C(C)C)c3cc[n+]2C)c1.Cc1cc(C)c(C)c(-c2c3ccccc3c(C(C)C)c[n+]2C)c1.Cc1ccccc1-c1c2cccc(C(C)C)c2cc[n+]1C.Cc1ccccc1-c1c2ccccc2c(C(C)C)c[n+]1C. The summed E-state index contributed by atoms with van der Waals surface area (Å²) in [5.74, 6) is 3.19. The molecule has 6 heteroatoms. The van der Waals surface area contributed by atoms with Crippen molar-refractivity contribution >= 4 is 64.6 Å². The molecule has 18 rings (SSSR count). The van der Waals surface area contributed by atoms with Gasteiger partial charge in [0.05, 0.1) is 54.6 Å². The van der Waals surface area contributed by atoms with E-state index < -0.39 is 0 Å². The fraction of sp³-hybridized carbons (Fsp3) is 0.297. The van der Waals surface area contributed by atoms with Gasteiger partial charge in [-0.25, -0.2) is 27.4 Å². The van der Waals surface area contributed by atoms with Gasteiger partial charge in [-0.1, -0.05) is 251 Å². The quantitative estimate of drug-likeness (QED) is 0.109. The lowest BCUT2D eigenvalue weighted by Crippen LogP contribution is -2.32. The van der Waals surface area contributed by atoms with Crippen molar-refractivity contribution in [3.63, 3.8) is 0 Å². The Morgan fingerprint density at radius 3 is 0.813 bits per heavy atom. The van der Waals surface area contributed by atoms with Crippen LogP contribution in [-0.2, 0) is 42.3 Å². The van der Waals surface area contributed by atoms with Crippen LogP contribution in [0.3, 0.4) is 0 Å². The summed E-state index contributed by atoms with van der Waals surface area (Å²) < 4.78 is 13.6. The maximum atomic E-state index is 2.37. The molecule has 0 atom stereocenters. The first-order valence-corrected chi connectivity index (χ1v) is 48.7. The Labute approximate surface area is 803 Å². The van der Waals surface area contributed by atoms with Crippen LogP contribution in [0.1, 0.15) is 230 Å². The number of benzene rings is 12. The second-order valence-electron chi connectivity index (χ2n) is 40.2. The second kappa shape index (κ2) is 42.1. The van der Waals surface area contributed by atoms with Crippen molar-refractivity contribution < 1.29 is 27.4 Å². The maximum Gasteiger partial charge on any atom is 0.220 e. The average Bonchev–Trinajstić information content (AvgIpc) is 0.772. The summed E-state index contributed by atoms with van der Waals surface area (Å²) in [6, 6.07) is 89.2. The number of nitrogens with zero attached hydrogens (tertiary/aromatic N) is 6. The Morgan fingerprint density at radius 2 is 0.455 bits per heavy atom. The number of aryl methyl sites for hydroxylation is 16. The summed E-state index contributed by atoms with van der Waals surface area (Å²) in [6.45, 7) is 57.9. The number of pyridine rings is 6. The van der Waals surface area contributed by atoms with E-state index in [2.05, 4.69) is 530 Å². The van der Waals surface area contributed by atoms with E-state index in [0.29, 0.717) is 35.5 Å². The van der Waals surface area contributed by atoms with Gasteiger partial charge in [0.25, 0.3) is 0 Å². The highest BCUT2D eigenvalue weighted by atomic mass is 15.0. The lowest BCUT2D eigenvalue weighted by molar-refractivity contribution is -0.659. The normalized spacial score (nSPS) is 11.4. The van der Waals surface area contributed by atoms with Gasteiger partial charge in [-0.3, -0.25) is 0 Å². The molecule has 18 aromatic rings. The topological polar surface area (TPSA) is 23.3 Å². The largest absolute Gasteiger partial charge is 0.220 e. The molecule has 0 fully saturated rings. The van der Waals surface area contributed by atoms with E-state index in [9.17, 15) is 0 Å². The zero-order chi connectivity index (χ0) is 96.9. The summed E-state index contributed by atoms with van der Waals surface area (Å²) >= 11 is 0. The molecular formula is C128H148N6+6. The first-order valence-electron chi connectivity index (χ1n) is 48.7. The van der Waals surface area contributed by atoms with Crippen LogP contribution in [-0.4, -0.2) is 0 Å². The summed E-state index contributed by atoms with van der Waals surface area (Å²) in [7, 11) is 12.9. The van der Waals surface area contributed by atoms with Crippen LogP contribution >= 0.6 is 0 Å². The molecule has 0 saturated carbocycles. The minimum Gasteiger partial charge on any atom is -0.200 e. The highest BCUT2D eigenvalue weighted by Crippen LogP contribution is 2.41. The molecule has 0 amide bonds. The van der Waals surface area contributed by atoms with Gasteiger partial charge in [0.1, 0.15) is 42.3 Å².